The van der Waals surface area contributed by atoms with E-state index in [9.17, 15) is 0 Å². The highest BCUT2D eigenvalue weighted by atomic mass is 35.5. The Labute approximate surface area is 126 Å². The highest BCUT2D eigenvalue weighted by molar-refractivity contribution is 6.35. The number of benzene rings is 1. The average Bonchev–Trinajstić information content (AvgIpc) is 2.39. The van der Waals surface area contributed by atoms with Gasteiger partial charge in [-0.1, -0.05) is 42.1 Å². The molecule has 0 amide bonds. The van der Waals surface area contributed by atoms with E-state index < -0.39 is 0 Å². The van der Waals surface area contributed by atoms with Crippen molar-refractivity contribution in [2.24, 2.45) is 0 Å². The van der Waals surface area contributed by atoms with Gasteiger partial charge in [-0.05, 0) is 43.5 Å². The maximum Gasteiger partial charge on any atom is 0.0587 e. The van der Waals surface area contributed by atoms with Crippen LogP contribution in [0.3, 0.4) is 0 Å². The Balaban J connectivity index is 2.01. The molecule has 0 aliphatic rings. The summed E-state index contributed by atoms with van der Waals surface area (Å²) >= 11 is 12.0. The van der Waals surface area contributed by atoms with Crippen LogP contribution < -0.4 is 5.32 Å². The van der Waals surface area contributed by atoms with Crippen LogP contribution in [0.2, 0.25) is 10.0 Å². The van der Waals surface area contributed by atoms with Gasteiger partial charge in [-0.2, -0.15) is 0 Å². The summed E-state index contributed by atoms with van der Waals surface area (Å²) in [6.07, 6.45) is 5.93. The predicted octanol–water partition coefficient (Wildman–Crippen LogP) is 4.33. The molecule has 1 rings (SSSR count). The molecular formula is C15H23Cl2NO. The van der Waals surface area contributed by atoms with Gasteiger partial charge in [-0.15, -0.1) is 0 Å². The molecule has 0 aromatic heterocycles. The lowest BCUT2D eigenvalue weighted by molar-refractivity contribution is 0.199. The predicted molar refractivity (Wildman–Crippen MR) is 83.4 cm³/mol. The van der Waals surface area contributed by atoms with Crippen molar-refractivity contribution in [2.75, 3.05) is 26.8 Å². The van der Waals surface area contributed by atoms with Crippen molar-refractivity contribution in [1.29, 1.82) is 0 Å². The first-order chi connectivity index (χ1) is 9.24. The molecular weight excluding hydrogens is 281 g/mol. The molecule has 0 bridgehead atoms. The third-order valence-electron chi connectivity index (χ3n) is 3.05. The van der Waals surface area contributed by atoms with E-state index in [2.05, 4.69) is 5.32 Å². The minimum atomic E-state index is 0.705. The Bertz CT molecular complexity index is 358. The Morgan fingerprint density at radius 3 is 2.58 bits per heavy atom. The summed E-state index contributed by atoms with van der Waals surface area (Å²) in [4.78, 5) is 0. The minimum Gasteiger partial charge on any atom is -0.383 e. The number of methoxy groups -OCH3 is 1. The highest BCUT2D eigenvalue weighted by Crippen LogP contribution is 2.22. The molecule has 0 saturated carbocycles. The zero-order valence-corrected chi connectivity index (χ0v) is 13.1. The molecule has 0 unspecified atom stereocenters. The number of ether oxygens (including phenoxy) is 1. The number of halogens is 2. The van der Waals surface area contributed by atoms with Gasteiger partial charge >= 0.3 is 0 Å². The van der Waals surface area contributed by atoms with Crippen molar-refractivity contribution in [2.45, 2.75) is 32.1 Å². The van der Waals surface area contributed by atoms with Crippen molar-refractivity contribution in [1.82, 2.24) is 5.32 Å². The number of rotatable bonds is 10. The number of aryl methyl sites for hydroxylation is 1. The van der Waals surface area contributed by atoms with Crippen molar-refractivity contribution in [3.8, 4) is 0 Å². The highest BCUT2D eigenvalue weighted by Gasteiger charge is 2.01. The minimum absolute atomic E-state index is 0.705. The first-order valence-electron chi connectivity index (χ1n) is 6.87. The quantitative estimate of drug-likeness (QED) is 0.650. The van der Waals surface area contributed by atoms with Gasteiger partial charge in [0.05, 0.1) is 6.61 Å². The van der Waals surface area contributed by atoms with Crippen LogP contribution in [0.25, 0.3) is 0 Å². The third kappa shape index (κ3) is 7.78. The zero-order chi connectivity index (χ0) is 13.9. The summed E-state index contributed by atoms with van der Waals surface area (Å²) < 4.78 is 4.97. The maximum absolute atomic E-state index is 6.13. The van der Waals surface area contributed by atoms with Gasteiger partial charge in [0.15, 0.2) is 0 Å². The third-order valence-corrected chi connectivity index (χ3v) is 3.63. The molecule has 0 heterocycles. The van der Waals surface area contributed by atoms with E-state index in [4.69, 9.17) is 27.9 Å². The summed E-state index contributed by atoms with van der Waals surface area (Å²) in [6.45, 7) is 2.80. The molecule has 0 spiro atoms. The first kappa shape index (κ1) is 16.8. The molecule has 108 valence electrons. The van der Waals surface area contributed by atoms with E-state index in [0.717, 1.165) is 31.1 Å². The van der Waals surface area contributed by atoms with Gasteiger partial charge in [0.1, 0.15) is 0 Å². The molecule has 2 nitrogen and oxygen atoms in total. The van der Waals surface area contributed by atoms with E-state index in [1.165, 1.54) is 31.2 Å². The summed E-state index contributed by atoms with van der Waals surface area (Å²) in [5, 5.41) is 4.84. The van der Waals surface area contributed by atoms with E-state index in [-0.39, 0.29) is 0 Å². The molecule has 4 heteroatoms. The second-order valence-corrected chi connectivity index (χ2v) is 5.49. The fraction of sp³-hybridized carbons (Fsp3) is 0.600. The van der Waals surface area contributed by atoms with Crippen LogP contribution in [-0.4, -0.2) is 26.8 Å². The van der Waals surface area contributed by atoms with Crippen LogP contribution in [0.5, 0.6) is 0 Å². The lowest BCUT2D eigenvalue weighted by atomic mass is 10.1. The average molecular weight is 304 g/mol. The van der Waals surface area contributed by atoms with Crippen LogP contribution in [0.4, 0.5) is 0 Å². The van der Waals surface area contributed by atoms with Gasteiger partial charge in [0.25, 0.3) is 0 Å². The molecule has 1 N–H and O–H groups in total. The van der Waals surface area contributed by atoms with Crippen LogP contribution >= 0.6 is 23.2 Å². The van der Waals surface area contributed by atoms with Crippen molar-refractivity contribution in [3.63, 3.8) is 0 Å². The van der Waals surface area contributed by atoms with Gasteiger partial charge in [-0.3, -0.25) is 0 Å². The fourth-order valence-electron chi connectivity index (χ4n) is 1.94. The first-order valence-corrected chi connectivity index (χ1v) is 7.63. The van der Waals surface area contributed by atoms with Crippen LogP contribution in [-0.2, 0) is 11.2 Å². The van der Waals surface area contributed by atoms with E-state index in [1.54, 1.807) is 7.11 Å². The van der Waals surface area contributed by atoms with Gasteiger partial charge < -0.3 is 10.1 Å². The lowest BCUT2D eigenvalue weighted by Gasteiger charge is -2.06. The second-order valence-electron chi connectivity index (χ2n) is 4.64. The van der Waals surface area contributed by atoms with Gasteiger partial charge in [-0.25, -0.2) is 0 Å². The summed E-state index contributed by atoms with van der Waals surface area (Å²) in [5.41, 5.74) is 1.20. The van der Waals surface area contributed by atoms with E-state index >= 15 is 0 Å². The Morgan fingerprint density at radius 1 is 1.05 bits per heavy atom. The Hall–Kier alpha value is -0.280. The van der Waals surface area contributed by atoms with E-state index in [1.807, 2.05) is 18.2 Å². The van der Waals surface area contributed by atoms with Gasteiger partial charge in [0, 0.05) is 23.7 Å². The normalized spacial score (nSPS) is 10.9. The molecule has 0 aliphatic carbocycles. The molecule has 0 atom stereocenters. The number of hydrogen-bond donors (Lipinski definition) is 1. The van der Waals surface area contributed by atoms with Crippen molar-refractivity contribution in [3.05, 3.63) is 33.8 Å². The Kier molecular flexibility index (Phi) is 9.27. The SMILES string of the molecule is COCCNCCCCCCc1ccc(Cl)cc1Cl. The summed E-state index contributed by atoms with van der Waals surface area (Å²) in [5.74, 6) is 0. The molecule has 0 fully saturated rings. The standard InChI is InChI=1S/C15H23Cl2NO/c1-19-11-10-18-9-5-3-2-4-6-13-7-8-14(16)12-15(13)17/h7-8,12,18H,2-6,9-11H2,1H3. The van der Waals surface area contributed by atoms with E-state index in [0.29, 0.717) is 5.02 Å². The van der Waals surface area contributed by atoms with Crippen LogP contribution in [0, 0.1) is 0 Å². The van der Waals surface area contributed by atoms with Gasteiger partial charge in [0.2, 0.25) is 0 Å². The van der Waals surface area contributed by atoms with Crippen molar-refractivity contribution >= 4 is 23.2 Å². The summed E-state index contributed by atoms with van der Waals surface area (Å²) in [6, 6.07) is 5.75. The molecule has 0 radical (unpaired) electrons. The summed E-state index contributed by atoms with van der Waals surface area (Å²) in [7, 11) is 1.73. The zero-order valence-electron chi connectivity index (χ0n) is 11.6. The molecule has 1 aromatic carbocycles. The second kappa shape index (κ2) is 10.5. The number of nitrogens with one attached hydrogen (secondary N) is 1. The molecule has 19 heavy (non-hydrogen) atoms. The lowest BCUT2D eigenvalue weighted by Crippen LogP contribution is -2.20. The monoisotopic (exact) mass is 303 g/mol. The molecule has 0 aliphatic heterocycles. The fourth-order valence-corrected chi connectivity index (χ4v) is 2.45. The molecule has 1 aromatic rings. The van der Waals surface area contributed by atoms with Crippen LogP contribution in [0.15, 0.2) is 18.2 Å². The number of hydrogen-bond acceptors (Lipinski definition) is 2. The number of unbranched alkanes of at least 4 members (excludes halogenated alkanes) is 3. The Morgan fingerprint density at radius 2 is 1.84 bits per heavy atom. The smallest absolute Gasteiger partial charge is 0.0587 e. The largest absolute Gasteiger partial charge is 0.383 e. The van der Waals surface area contributed by atoms with Crippen LogP contribution in [0.1, 0.15) is 31.2 Å². The maximum atomic E-state index is 6.13. The van der Waals surface area contributed by atoms with Crippen molar-refractivity contribution < 1.29 is 4.74 Å². The topological polar surface area (TPSA) is 21.3 Å². The molecule has 0 saturated heterocycles.